The molecule has 0 aromatic rings. The second kappa shape index (κ2) is 4.34. The summed E-state index contributed by atoms with van der Waals surface area (Å²) in [4.78, 5) is 11.4. The number of likely N-dealkylation sites (N-methyl/N-ethyl adjacent to an activating group) is 1. The number of carbonyl (C=O) groups is 1. The quantitative estimate of drug-likeness (QED) is 0.735. The maximum Gasteiger partial charge on any atom is 0.233 e. The molecule has 3 unspecified atom stereocenters. The van der Waals surface area contributed by atoms with Crippen LogP contribution in [0.3, 0.4) is 0 Å². The molecular weight excluding hydrogens is 204 g/mol. The van der Waals surface area contributed by atoms with E-state index in [9.17, 15) is 4.79 Å². The van der Waals surface area contributed by atoms with Gasteiger partial charge in [0.15, 0.2) is 0 Å². The Morgan fingerprint density at radius 2 is 2.25 bits per heavy atom. The van der Waals surface area contributed by atoms with E-state index in [1.165, 1.54) is 0 Å². The number of carbonyl (C=O) groups excluding carboxylic acids is 1. The summed E-state index contributed by atoms with van der Waals surface area (Å²) in [6.07, 6.45) is 1.51. The van der Waals surface area contributed by atoms with Crippen LogP contribution >= 0.6 is 0 Å². The molecule has 0 aromatic heterocycles. The largest absolute Gasteiger partial charge is 0.377 e. The first kappa shape index (κ1) is 11.9. The SMILES string of the molecule is CCNC(=O)CNC1C2CCOC2C1(C)C. The molecule has 2 aliphatic rings. The van der Waals surface area contributed by atoms with Crippen molar-refractivity contribution in [2.75, 3.05) is 19.7 Å². The molecule has 1 saturated carbocycles. The molecule has 2 fully saturated rings. The van der Waals surface area contributed by atoms with Crippen LogP contribution in [0.25, 0.3) is 0 Å². The average Bonchev–Trinajstić information content (AvgIpc) is 2.64. The van der Waals surface area contributed by atoms with Crippen LogP contribution in [0.5, 0.6) is 0 Å². The lowest BCUT2D eigenvalue weighted by Crippen LogP contribution is -2.66. The predicted molar refractivity (Wildman–Crippen MR) is 62.1 cm³/mol. The lowest BCUT2D eigenvalue weighted by atomic mass is 9.57. The van der Waals surface area contributed by atoms with Gasteiger partial charge in [0.05, 0.1) is 12.6 Å². The highest BCUT2D eigenvalue weighted by atomic mass is 16.5. The fourth-order valence-corrected chi connectivity index (χ4v) is 3.20. The monoisotopic (exact) mass is 226 g/mol. The minimum Gasteiger partial charge on any atom is -0.377 e. The zero-order chi connectivity index (χ0) is 11.8. The van der Waals surface area contributed by atoms with Gasteiger partial charge in [0, 0.05) is 30.5 Å². The Morgan fingerprint density at radius 1 is 1.50 bits per heavy atom. The summed E-state index contributed by atoms with van der Waals surface area (Å²) in [5.74, 6) is 0.685. The number of hydrogen-bond donors (Lipinski definition) is 2. The second-order valence-corrected chi connectivity index (χ2v) is 5.38. The lowest BCUT2D eigenvalue weighted by Gasteiger charge is -2.54. The van der Waals surface area contributed by atoms with E-state index in [2.05, 4.69) is 24.5 Å². The predicted octanol–water partition coefficient (Wildman–Crippen LogP) is 0.526. The zero-order valence-corrected chi connectivity index (χ0v) is 10.4. The number of fused-ring (bicyclic) bond motifs is 1. The summed E-state index contributed by atoms with van der Waals surface area (Å²) in [5, 5.41) is 6.18. The molecule has 4 nitrogen and oxygen atoms in total. The van der Waals surface area contributed by atoms with Crippen molar-refractivity contribution in [3.63, 3.8) is 0 Å². The van der Waals surface area contributed by atoms with Crippen LogP contribution in [-0.2, 0) is 9.53 Å². The van der Waals surface area contributed by atoms with Gasteiger partial charge in [-0.15, -0.1) is 0 Å². The van der Waals surface area contributed by atoms with Crippen LogP contribution in [0.4, 0.5) is 0 Å². The molecule has 1 aliphatic carbocycles. The van der Waals surface area contributed by atoms with Crippen molar-refractivity contribution in [1.29, 1.82) is 0 Å². The topological polar surface area (TPSA) is 50.4 Å². The molecule has 0 bridgehead atoms. The summed E-state index contributed by atoms with van der Waals surface area (Å²) in [6, 6.07) is 0.419. The summed E-state index contributed by atoms with van der Waals surface area (Å²) >= 11 is 0. The molecule has 1 amide bonds. The van der Waals surface area contributed by atoms with Gasteiger partial charge in [0.1, 0.15) is 0 Å². The fourth-order valence-electron chi connectivity index (χ4n) is 3.20. The number of rotatable bonds is 4. The average molecular weight is 226 g/mol. The fraction of sp³-hybridized carbons (Fsp3) is 0.917. The van der Waals surface area contributed by atoms with Crippen LogP contribution in [-0.4, -0.2) is 37.7 Å². The molecule has 2 rings (SSSR count). The van der Waals surface area contributed by atoms with Gasteiger partial charge >= 0.3 is 0 Å². The summed E-state index contributed by atoms with van der Waals surface area (Å²) in [5.41, 5.74) is 0.160. The maximum absolute atomic E-state index is 11.4. The Balaban J connectivity index is 1.84. The highest BCUT2D eigenvalue weighted by Crippen LogP contribution is 2.51. The van der Waals surface area contributed by atoms with E-state index in [1.54, 1.807) is 0 Å². The Labute approximate surface area is 97.1 Å². The van der Waals surface area contributed by atoms with E-state index in [0.717, 1.165) is 13.0 Å². The van der Waals surface area contributed by atoms with Crippen molar-refractivity contribution in [3.8, 4) is 0 Å². The molecule has 1 aliphatic heterocycles. The number of hydrogen-bond acceptors (Lipinski definition) is 3. The highest BCUT2D eigenvalue weighted by molar-refractivity contribution is 5.77. The van der Waals surface area contributed by atoms with Crippen molar-refractivity contribution in [3.05, 3.63) is 0 Å². The third-order valence-electron chi connectivity index (χ3n) is 3.96. The van der Waals surface area contributed by atoms with E-state index in [-0.39, 0.29) is 11.3 Å². The Bertz CT molecular complexity index is 278. The number of amides is 1. The van der Waals surface area contributed by atoms with Crippen molar-refractivity contribution in [2.45, 2.75) is 39.3 Å². The smallest absolute Gasteiger partial charge is 0.233 e. The first-order chi connectivity index (χ1) is 7.57. The van der Waals surface area contributed by atoms with Gasteiger partial charge in [0.25, 0.3) is 0 Å². The minimum atomic E-state index is 0.0839. The first-order valence-electron chi connectivity index (χ1n) is 6.19. The van der Waals surface area contributed by atoms with Crippen molar-refractivity contribution in [1.82, 2.24) is 10.6 Å². The summed E-state index contributed by atoms with van der Waals surface area (Å²) in [6.45, 7) is 8.36. The van der Waals surface area contributed by atoms with Crippen molar-refractivity contribution >= 4 is 5.91 Å². The van der Waals surface area contributed by atoms with Crippen molar-refractivity contribution < 1.29 is 9.53 Å². The van der Waals surface area contributed by atoms with Gasteiger partial charge < -0.3 is 15.4 Å². The van der Waals surface area contributed by atoms with Crippen LogP contribution in [0.15, 0.2) is 0 Å². The molecule has 2 N–H and O–H groups in total. The maximum atomic E-state index is 11.4. The number of ether oxygens (including phenoxy) is 1. The molecule has 0 spiro atoms. The molecule has 1 saturated heterocycles. The molecule has 4 heteroatoms. The normalized spacial score (nSPS) is 35.3. The molecule has 16 heavy (non-hydrogen) atoms. The van der Waals surface area contributed by atoms with Crippen LogP contribution in [0.1, 0.15) is 27.2 Å². The summed E-state index contributed by atoms with van der Waals surface area (Å²) < 4.78 is 5.71. The van der Waals surface area contributed by atoms with Gasteiger partial charge in [-0.05, 0) is 13.3 Å². The van der Waals surface area contributed by atoms with Crippen LogP contribution in [0, 0.1) is 11.3 Å². The van der Waals surface area contributed by atoms with E-state index in [4.69, 9.17) is 4.74 Å². The molecule has 3 atom stereocenters. The Morgan fingerprint density at radius 3 is 2.94 bits per heavy atom. The Kier molecular flexibility index (Phi) is 3.22. The molecule has 0 aromatic carbocycles. The molecule has 0 radical (unpaired) electrons. The lowest BCUT2D eigenvalue weighted by molar-refractivity contribution is -0.126. The summed E-state index contributed by atoms with van der Waals surface area (Å²) in [7, 11) is 0. The van der Waals surface area contributed by atoms with Gasteiger partial charge in [-0.3, -0.25) is 4.79 Å². The zero-order valence-electron chi connectivity index (χ0n) is 10.4. The van der Waals surface area contributed by atoms with Gasteiger partial charge in [-0.25, -0.2) is 0 Å². The third kappa shape index (κ3) is 1.84. The second-order valence-electron chi connectivity index (χ2n) is 5.38. The van der Waals surface area contributed by atoms with E-state index in [1.807, 2.05) is 6.92 Å². The van der Waals surface area contributed by atoms with E-state index < -0.39 is 0 Å². The molecular formula is C12H22N2O2. The Hall–Kier alpha value is -0.610. The van der Waals surface area contributed by atoms with Gasteiger partial charge in [-0.1, -0.05) is 13.8 Å². The van der Waals surface area contributed by atoms with E-state index >= 15 is 0 Å². The standard InChI is InChI=1S/C12H22N2O2/c1-4-13-9(15)7-14-10-8-5-6-16-11(8)12(10,2)3/h8,10-11,14H,4-7H2,1-3H3,(H,13,15). The highest BCUT2D eigenvalue weighted by Gasteiger charge is 2.58. The minimum absolute atomic E-state index is 0.0839. The van der Waals surface area contributed by atoms with Gasteiger partial charge in [-0.2, -0.15) is 0 Å². The molecule has 92 valence electrons. The molecule has 1 heterocycles. The number of nitrogens with one attached hydrogen (secondary N) is 2. The third-order valence-corrected chi connectivity index (χ3v) is 3.96. The van der Waals surface area contributed by atoms with Crippen LogP contribution in [0.2, 0.25) is 0 Å². The first-order valence-corrected chi connectivity index (χ1v) is 6.19. The van der Waals surface area contributed by atoms with Crippen molar-refractivity contribution in [2.24, 2.45) is 11.3 Å². The van der Waals surface area contributed by atoms with Gasteiger partial charge in [0.2, 0.25) is 5.91 Å². The van der Waals surface area contributed by atoms with E-state index in [0.29, 0.717) is 31.2 Å². The van der Waals surface area contributed by atoms with Crippen LogP contribution < -0.4 is 10.6 Å².